The molecular formula is C15H16N4O. The minimum Gasteiger partial charge on any atom is -0.489 e. The fraction of sp³-hybridized carbons (Fsp3) is 0.0667. The maximum absolute atomic E-state index is 7.41. The Morgan fingerprint density at radius 1 is 1.20 bits per heavy atom. The molecule has 0 bridgehead atoms. The average Bonchev–Trinajstić information content (AvgIpc) is 2.46. The lowest BCUT2D eigenvalue weighted by Gasteiger charge is -2.08. The van der Waals surface area contributed by atoms with Crippen molar-refractivity contribution >= 4 is 12.1 Å². The van der Waals surface area contributed by atoms with Crippen molar-refractivity contribution in [3.05, 3.63) is 65.2 Å². The van der Waals surface area contributed by atoms with Crippen LogP contribution in [0, 0.1) is 5.41 Å². The number of hydrazone groups is 1. The molecule has 2 rings (SSSR count). The standard InChI is InChI=1S/C15H16N4O/c16-15(17)13-5-1-4-12(7-13)10-20-14-6-2-3-11(8-14)9-19-18/h1-9H,10,18H2,(H3,16,17). The van der Waals surface area contributed by atoms with Crippen LogP contribution in [0.3, 0.4) is 0 Å². The van der Waals surface area contributed by atoms with E-state index in [1.54, 1.807) is 12.3 Å². The van der Waals surface area contributed by atoms with E-state index in [2.05, 4.69) is 5.10 Å². The Morgan fingerprint density at radius 3 is 2.75 bits per heavy atom. The van der Waals surface area contributed by atoms with Crippen molar-refractivity contribution in [2.75, 3.05) is 0 Å². The van der Waals surface area contributed by atoms with Crippen molar-refractivity contribution in [2.24, 2.45) is 16.7 Å². The predicted molar refractivity (Wildman–Crippen MR) is 80.0 cm³/mol. The van der Waals surface area contributed by atoms with E-state index in [-0.39, 0.29) is 5.84 Å². The molecule has 0 amide bonds. The second kappa shape index (κ2) is 6.38. The van der Waals surface area contributed by atoms with Gasteiger partial charge >= 0.3 is 0 Å². The molecule has 0 atom stereocenters. The molecule has 102 valence electrons. The van der Waals surface area contributed by atoms with Gasteiger partial charge in [-0.2, -0.15) is 5.10 Å². The van der Waals surface area contributed by atoms with Crippen LogP contribution in [-0.2, 0) is 6.61 Å². The summed E-state index contributed by atoms with van der Waals surface area (Å²) < 4.78 is 5.70. The van der Waals surface area contributed by atoms with Crippen LogP contribution in [0.2, 0.25) is 0 Å². The van der Waals surface area contributed by atoms with Gasteiger partial charge in [0.25, 0.3) is 0 Å². The highest BCUT2D eigenvalue weighted by molar-refractivity contribution is 5.95. The Bertz CT molecular complexity index is 637. The summed E-state index contributed by atoms with van der Waals surface area (Å²) in [6.45, 7) is 0.407. The highest BCUT2D eigenvalue weighted by atomic mass is 16.5. The van der Waals surface area contributed by atoms with Crippen LogP contribution in [0.1, 0.15) is 16.7 Å². The molecule has 2 aromatic rings. The molecule has 0 aromatic heterocycles. The highest BCUT2D eigenvalue weighted by Gasteiger charge is 2.00. The monoisotopic (exact) mass is 268 g/mol. The van der Waals surface area contributed by atoms with Crippen LogP contribution in [-0.4, -0.2) is 12.1 Å². The van der Waals surface area contributed by atoms with Crippen LogP contribution >= 0.6 is 0 Å². The predicted octanol–water partition coefficient (Wildman–Crippen LogP) is 1.84. The zero-order chi connectivity index (χ0) is 14.4. The number of nitrogens with zero attached hydrogens (tertiary/aromatic N) is 1. The van der Waals surface area contributed by atoms with Crippen LogP contribution in [0.5, 0.6) is 5.75 Å². The van der Waals surface area contributed by atoms with Gasteiger partial charge in [0, 0.05) is 5.56 Å². The summed E-state index contributed by atoms with van der Waals surface area (Å²) in [7, 11) is 0. The first kappa shape index (κ1) is 13.6. The second-order valence-corrected chi connectivity index (χ2v) is 4.25. The Balaban J connectivity index is 2.06. The number of nitrogen functional groups attached to an aromatic ring is 1. The van der Waals surface area contributed by atoms with E-state index in [1.165, 1.54) is 0 Å². The second-order valence-electron chi connectivity index (χ2n) is 4.25. The lowest BCUT2D eigenvalue weighted by Crippen LogP contribution is -2.11. The Kier molecular flexibility index (Phi) is 4.34. The third kappa shape index (κ3) is 3.58. The summed E-state index contributed by atoms with van der Waals surface area (Å²) in [4.78, 5) is 0. The van der Waals surface area contributed by atoms with Crippen LogP contribution in [0.25, 0.3) is 0 Å². The van der Waals surface area contributed by atoms with Gasteiger partial charge in [0.05, 0.1) is 6.21 Å². The van der Waals surface area contributed by atoms with Crippen molar-refractivity contribution in [3.8, 4) is 5.75 Å². The first-order chi connectivity index (χ1) is 9.69. The number of hydrogen-bond acceptors (Lipinski definition) is 4. The topological polar surface area (TPSA) is 97.5 Å². The van der Waals surface area contributed by atoms with Crippen molar-refractivity contribution in [1.29, 1.82) is 5.41 Å². The normalized spacial score (nSPS) is 10.6. The Morgan fingerprint density at radius 2 is 2.00 bits per heavy atom. The number of nitrogens with two attached hydrogens (primary N) is 2. The summed E-state index contributed by atoms with van der Waals surface area (Å²) in [6, 6.07) is 14.9. The molecule has 0 radical (unpaired) electrons. The Hall–Kier alpha value is -2.82. The Labute approximate surface area is 117 Å². The summed E-state index contributed by atoms with van der Waals surface area (Å²) in [5, 5.41) is 10.9. The van der Waals surface area contributed by atoms with Crippen molar-refractivity contribution in [1.82, 2.24) is 0 Å². The molecule has 0 unspecified atom stereocenters. The van der Waals surface area contributed by atoms with Gasteiger partial charge in [0.15, 0.2) is 0 Å². The smallest absolute Gasteiger partial charge is 0.122 e. The first-order valence-electron chi connectivity index (χ1n) is 6.08. The van der Waals surface area contributed by atoms with Crippen molar-refractivity contribution in [2.45, 2.75) is 6.61 Å². The lowest BCUT2D eigenvalue weighted by molar-refractivity contribution is 0.306. The van der Waals surface area contributed by atoms with E-state index in [1.807, 2.05) is 42.5 Å². The molecule has 0 aliphatic heterocycles. The van der Waals surface area contributed by atoms with Gasteiger partial charge in [-0.1, -0.05) is 30.3 Å². The lowest BCUT2D eigenvalue weighted by atomic mass is 10.1. The van der Waals surface area contributed by atoms with Gasteiger partial charge in [-0.3, -0.25) is 5.41 Å². The molecule has 0 aliphatic carbocycles. The molecule has 5 heteroatoms. The maximum Gasteiger partial charge on any atom is 0.122 e. The number of amidine groups is 1. The zero-order valence-corrected chi connectivity index (χ0v) is 10.9. The molecule has 0 fully saturated rings. The van der Waals surface area contributed by atoms with E-state index in [9.17, 15) is 0 Å². The van der Waals surface area contributed by atoms with E-state index in [4.69, 9.17) is 21.7 Å². The fourth-order valence-electron chi connectivity index (χ4n) is 1.77. The van der Waals surface area contributed by atoms with E-state index in [0.29, 0.717) is 12.2 Å². The van der Waals surface area contributed by atoms with Crippen LogP contribution in [0.4, 0.5) is 0 Å². The zero-order valence-electron chi connectivity index (χ0n) is 10.9. The number of benzene rings is 2. The SMILES string of the molecule is N=C(N)c1cccc(COc2cccc(C=NN)c2)c1. The fourth-order valence-corrected chi connectivity index (χ4v) is 1.77. The largest absolute Gasteiger partial charge is 0.489 e. The summed E-state index contributed by atoms with van der Waals surface area (Å²) in [6.07, 6.45) is 1.56. The molecule has 0 saturated heterocycles. The summed E-state index contributed by atoms with van der Waals surface area (Å²) in [5.41, 5.74) is 7.98. The number of hydrogen-bond donors (Lipinski definition) is 3. The van der Waals surface area contributed by atoms with Crippen molar-refractivity contribution in [3.63, 3.8) is 0 Å². The molecule has 2 aromatic carbocycles. The van der Waals surface area contributed by atoms with Gasteiger partial charge in [-0.25, -0.2) is 0 Å². The maximum atomic E-state index is 7.41. The molecule has 0 aliphatic rings. The van der Waals surface area contributed by atoms with Gasteiger partial charge in [0.2, 0.25) is 0 Å². The molecule has 0 saturated carbocycles. The summed E-state index contributed by atoms with van der Waals surface area (Å²) >= 11 is 0. The average molecular weight is 268 g/mol. The van der Waals surface area contributed by atoms with E-state index >= 15 is 0 Å². The molecule has 0 spiro atoms. The molecule has 20 heavy (non-hydrogen) atoms. The molecular weight excluding hydrogens is 252 g/mol. The van der Waals surface area contributed by atoms with Crippen LogP contribution < -0.4 is 16.3 Å². The van der Waals surface area contributed by atoms with Gasteiger partial charge < -0.3 is 16.3 Å². The molecule has 0 heterocycles. The van der Waals surface area contributed by atoms with E-state index in [0.717, 1.165) is 16.9 Å². The third-order valence-corrected chi connectivity index (χ3v) is 2.73. The van der Waals surface area contributed by atoms with Crippen LogP contribution in [0.15, 0.2) is 53.6 Å². The highest BCUT2D eigenvalue weighted by Crippen LogP contribution is 2.15. The molecule has 5 N–H and O–H groups in total. The van der Waals surface area contributed by atoms with Gasteiger partial charge in [0.1, 0.15) is 18.2 Å². The number of rotatable bonds is 5. The summed E-state index contributed by atoms with van der Waals surface area (Å²) in [5.74, 6) is 5.90. The quantitative estimate of drug-likeness (QED) is 0.334. The minimum absolute atomic E-state index is 0.0491. The first-order valence-corrected chi connectivity index (χ1v) is 6.08. The molecule has 5 nitrogen and oxygen atoms in total. The van der Waals surface area contributed by atoms with Crippen molar-refractivity contribution < 1.29 is 4.74 Å². The minimum atomic E-state index is 0.0491. The van der Waals surface area contributed by atoms with E-state index < -0.39 is 0 Å². The number of ether oxygens (including phenoxy) is 1. The third-order valence-electron chi connectivity index (χ3n) is 2.73. The number of nitrogens with one attached hydrogen (secondary N) is 1. The van der Waals surface area contributed by atoms with Gasteiger partial charge in [-0.15, -0.1) is 0 Å². The van der Waals surface area contributed by atoms with Gasteiger partial charge in [-0.05, 0) is 29.3 Å².